The molecule has 1 amide bonds. The molecule has 0 saturated carbocycles. The monoisotopic (exact) mass is 343 g/mol. The minimum Gasteiger partial charge on any atom is -0.334 e. The third-order valence-corrected chi connectivity index (χ3v) is 4.83. The number of nitrogens with zero attached hydrogens (tertiary/aromatic N) is 3. The lowest BCUT2D eigenvalue weighted by atomic mass is 10.0. The molecule has 1 aromatic heterocycles. The smallest absolute Gasteiger partial charge is 0.257 e. The molecule has 0 spiro atoms. The molecular weight excluding hydrogens is 322 g/mol. The number of hydrogen-bond acceptors (Lipinski definition) is 3. The molecule has 26 heavy (non-hydrogen) atoms. The van der Waals surface area contributed by atoms with Gasteiger partial charge in [0.05, 0.1) is 11.3 Å². The topological polar surface area (TPSA) is 46.1 Å². The van der Waals surface area contributed by atoms with Gasteiger partial charge in [-0.2, -0.15) is 0 Å². The van der Waals surface area contributed by atoms with Crippen molar-refractivity contribution in [2.24, 2.45) is 0 Å². The molecule has 0 saturated heterocycles. The molecule has 130 valence electrons. The largest absolute Gasteiger partial charge is 0.334 e. The zero-order valence-electron chi connectivity index (χ0n) is 14.9. The molecule has 2 heterocycles. The molecule has 0 N–H and O–H groups in total. The van der Waals surface area contributed by atoms with Crippen LogP contribution in [0.25, 0.3) is 11.3 Å². The summed E-state index contributed by atoms with van der Waals surface area (Å²) in [5, 5.41) is 0. The Morgan fingerprint density at radius 1 is 1.00 bits per heavy atom. The summed E-state index contributed by atoms with van der Waals surface area (Å²) in [6, 6.07) is 18.2. The van der Waals surface area contributed by atoms with E-state index in [4.69, 9.17) is 0 Å². The summed E-state index contributed by atoms with van der Waals surface area (Å²) in [6.45, 7) is 3.23. The molecule has 0 radical (unpaired) electrons. The van der Waals surface area contributed by atoms with Gasteiger partial charge in [-0.15, -0.1) is 0 Å². The van der Waals surface area contributed by atoms with Crippen LogP contribution in [0.15, 0.2) is 60.8 Å². The van der Waals surface area contributed by atoms with Crippen molar-refractivity contribution in [2.75, 3.05) is 6.54 Å². The Kier molecular flexibility index (Phi) is 4.48. The van der Waals surface area contributed by atoms with Crippen LogP contribution in [-0.2, 0) is 13.0 Å². The van der Waals surface area contributed by atoms with E-state index in [2.05, 4.69) is 28.2 Å². The first kappa shape index (κ1) is 16.5. The van der Waals surface area contributed by atoms with E-state index in [0.717, 1.165) is 24.9 Å². The lowest BCUT2D eigenvalue weighted by molar-refractivity contribution is 0.0746. The fourth-order valence-corrected chi connectivity index (χ4v) is 3.49. The SMILES string of the molecule is Cc1ncc(C(=O)N2CCCc3ccccc3C2)c(-c2ccccc2)n1. The molecule has 0 unspecified atom stereocenters. The van der Waals surface area contributed by atoms with Gasteiger partial charge < -0.3 is 4.90 Å². The van der Waals surface area contributed by atoms with E-state index in [1.807, 2.05) is 48.2 Å². The number of benzene rings is 2. The van der Waals surface area contributed by atoms with Crippen LogP contribution in [0.3, 0.4) is 0 Å². The molecule has 0 atom stereocenters. The first-order valence-corrected chi connectivity index (χ1v) is 8.97. The van der Waals surface area contributed by atoms with Gasteiger partial charge in [-0.1, -0.05) is 54.6 Å². The van der Waals surface area contributed by atoms with Crippen LogP contribution in [-0.4, -0.2) is 27.3 Å². The Morgan fingerprint density at radius 3 is 2.54 bits per heavy atom. The van der Waals surface area contributed by atoms with E-state index < -0.39 is 0 Å². The number of hydrogen-bond donors (Lipinski definition) is 0. The molecule has 2 aromatic carbocycles. The van der Waals surface area contributed by atoms with Crippen molar-refractivity contribution in [3.63, 3.8) is 0 Å². The van der Waals surface area contributed by atoms with Crippen LogP contribution in [0.5, 0.6) is 0 Å². The second kappa shape index (κ2) is 7.08. The number of aryl methyl sites for hydroxylation is 2. The van der Waals surface area contributed by atoms with Crippen molar-refractivity contribution in [3.05, 3.63) is 83.3 Å². The number of carbonyl (C=O) groups is 1. The second-order valence-corrected chi connectivity index (χ2v) is 6.64. The predicted molar refractivity (Wildman–Crippen MR) is 102 cm³/mol. The molecule has 3 aromatic rings. The molecule has 0 bridgehead atoms. The fourth-order valence-electron chi connectivity index (χ4n) is 3.49. The Balaban J connectivity index is 1.71. The lowest BCUT2D eigenvalue weighted by Crippen LogP contribution is -2.31. The van der Waals surface area contributed by atoms with Gasteiger partial charge in [0.15, 0.2) is 0 Å². The average Bonchev–Trinajstić information content (AvgIpc) is 2.90. The van der Waals surface area contributed by atoms with E-state index in [9.17, 15) is 4.79 Å². The van der Waals surface area contributed by atoms with Crippen LogP contribution < -0.4 is 0 Å². The van der Waals surface area contributed by atoms with E-state index >= 15 is 0 Å². The van der Waals surface area contributed by atoms with Crippen LogP contribution in [0.1, 0.15) is 33.7 Å². The van der Waals surface area contributed by atoms with Crippen LogP contribution in [0, 0.1) is 6.92 Å². The first-order chi connectivity index (χ1) is 12.7. The van der Waals surface area contributed by atoms with Crippen LogP contribution >= 0.6 is 0 Å². The highest BCUT2D eigenvalue weighted by Gasteiger charge is 2.23. The maximum Gasteiger partial charge on any atom is 0.257 e. The van der Waals surface area contributed by atoms with Gasteiger partial charge in [-0.3, -0.25) is 4.79 Å². The van der Waals surface area contributed by atoms with E-state index in [-0.39, 0.29) is 5.91 Å². The second-order valence-electron chi connectivity index (χ2n) is 6.64. The summed E-state index contributed by atoms with van der Waals surface area (Å²) in [5.41, 5.74) is 4.79. The highest BCUT2D eigenvalue weighted by Crippen LogP contribution is 2.25. The van der Waals surface area contributed by atoms with Gasteiger partial charge in [0.25, 0.3) is 5.91 Å². The van der Waals surface area contributed by atoms with Crippen molar-refractivity contribution in [3.8, 4) is 11.3 Å². The number of amides is 1. The van der Waals surface area contributed by atoms with Crippen LogP contribution in [0.4, 0.5) is 0 Å². The van der Waals surface area contributed by atoms with Gasteiger partial charge in [0.2, 0.25) is 0 Å². The minimum absolute atomic E-state index is 0.000515. The van der Waals surface area contributed by atoms with Gasteiger partial charge in [-0.05, 0) is 30.9 Å². The first-order valence-electron chi connectivity index (χ1n) is 8.97. The summed E-state index contributed by atoms with van der Waals surface area (Å²) in [5.74, 6) is 0.669. The van der Waals surface area contributed by atoms with Crippen molar-refractivity contribution < 1.29 is 4.79 Å². The normalized spacial score (nSPS) is 13.8. The summed E-state index contributed by atoms with van der Waals surface area (Å²) in [7, 11) is 0. The Morgan fingerprint density at radius 2 is 1.73 bits per heavy atom. The molecule has 1 aliphatic heterocycles. The van der Waals surface area contributed by atoms with Gasteiger partial charge in [0, 0.05) is 24.8 Å². The summed E-state index contributed by atoms with van der Waals surface area (Å²) in [4.78, 5) is 24.1. The predicted octanol–water partition coefficient (Wildman–Crippen LogP) is 4.04. The number of carbonyl (C=O) groups excluding carboxylic acids is 1. The van der Waals surface area contributed by atoms with Gasteiger partial charge in [-0.25, -0.2) is 9.97 Å². The highest BCUT2D eigenvalue weighted by atomic mass is 16.2. The zero-order valence-corrected chi connectivity index (χ0v) is 14.9. The number of aromatic nitrogens is 2. The minimum atomic E-state index is 0.000515. The quantitative estimate of drug-likeness (QED) is 0.705. The Hall–Kier alpha value is -3.01. The molecule has 0 fully saturated rings. The van der Waals surface area contributed by atoms with Crippen molar-refractivity contribution in [1.82, 2.24) is 14.9 Å². The molecule has 4 heteroatoms. The number of fused-ring (bicyclic) bond motifs is 1. The standard InChI is InChI=1S/C22H21N3O/c1-16-23-14-20(21(24-16)18-9-3-2-4-10-18)22(26)25-13-7-12-17-8-5-6-11-19(17)15-25/h2-6,8-11,14H,7,12-13,15H2,1H3. The van der Waals surface area contributed by atoms with Crippen molar-refractivity contribution in [2.45, 2.75) is 26.3 Å². The maximum absolute atomic E-state index is 13.3. The Bertz CT molecular complexity index is 937. The number of rotatable bonds is 2. The fraction of sp³-hybridized carbons (Fsp3) is 0.227. The van der Waals surface area contributed by atoms with Gasteiger partial charge in [0.1, 0.15) is 5.82 Å². The summed E-state index contributed by atoms with van der Waals surface area (Å²) < 4.78 is 0. The molecule has 1 aliphatic rings. The zero-order chi connectivity index (χ0) is 17.9. The molecule has 4 nitrogen and oxygen atoms in total. The summed E-state index contributed by atoms with van der Waals surface area (Å²) in [6.07, 6.45) is 3.65. The van der Waals surface area contributed by atoms with Crippen molar-refractivity contribution in [1.29, 1.82) is 0 Å². The maximum atomic E-state index is 13.3. The molecule has 0 aliphatic carbocycles. The third kappa shape index (κ3) is 3.23. The van der Waals surface area contributed by atoms with E-state index in [1.165, 1.54) is 11.1 Å². The van der Waals surface area contributed by atoms with E-state index in [0.29, 0.717) is 23.6 Å². The highest BCUT2D eigenvalue weighted by molar-refractivity contribution is 5.99. The summed E-state index contributed by atoms with van der Waals surface area (Å²) >= 11 is 0. The lowest BCUT2D eigenvalue weighted by Gasteiger charge is -2.22. The Labute approximate surface area is 153 Å². The molecular formula is C22H21N3O. The average molecular weight is 343 g/mol. The van der Waals surface area contributed by atoms with Crippen LogP contribution in [0.2, 0.25) is 0 Å². The third-order valence-electron chi connectivity index (χ3n) is 4.83. The van der Waals surface area contributed by atoms with E-state index in [1.54, 1.807) is 6.20 Å². The van der Waals surface area contributed by atoms with Gasteiger partial charge >= 0.3 is 0 Å². The van der Waals surface area contributed by atoms with Crippen molar-refractivity contribution >= 4 is 5.91 Å². The molecule has 4 rings (SSSR count).